The highest BCUT2D eigenvalue weighted by Gasteiger charge is 2.21. The van der Waals surface area contributed by atoms with Gasteiger partial charge in [0, 0.05) is 11.9 Å². The molecule has 2 amide bonds. The fraction of sp³-hybridized carbons (Fsp3) is 0.353. The number of halogens is 1. The molecule has 0 bridgehead atoms. The average Bonchev–Trinajstić information content (AvgIpc) is 2.94. The first-order chi connectivity index (χ1) is 11.8. The summed E-state index contributed by atoms with van der Waals surface area (Å²) in [7, 11) is 0. The van der Waals surface area contributed by atoms with Gasteiger partial charge in [0.15, 0.2) is 5.13 Å². The molecule has 2 N–H and O–H groups in total. The Balaban J connectivity index is 2.03. The van der Waals surface area contributed by atoms with Crippen LogP contribution in [0.1, 0.15) is 41.7 Å². The number of amides is 2. The molecule has 25 heavy (non-hydrogen) atoms. The number of nitrogens with one attached hydrogen (secondary N) is 2. The van der Waals surface area contributed by atoms with Crippen LogP contribution in [0.25, 0.3) is 0 Å². The second kappa shape index (κ2) is 8.44. The topological polar surface area (TPSA) is 80.3 Å². The van der Waals surface area contributed by atoms with Crippen LogP contribution in [-0.4, -0.2) is 22.6 Å². The molecule has 0 aliphatic carbocycles. The highest BCUT2D eigenvalue weighted by atomic mass is 79.9. The SMILES string of the molecule is CC(C)(C)OC(=O)Nc1nc(CBr)c(C(=O)NCc2ccccc2)s1. The Bertz CT molecular complexity index is 741. The van der Waals surface area contributed by atoms with E-state index in [1.807, 2.05) is 30.3 Å². The Labute approximate surface area is 159 Å². The molecule has 8 heteroatoms. The van der Waals surface area contributed by atoms with Gasteiger partial charge in [0.1, 0.15) is 10.5 Å². The molecule has 0 saturated heterocycles. The predicted molar refractivity (Wildman–Crippen MR) is 102 cm³/mol. The second-order valence-corrected chi connectivity index (χ2v) is 7.78. The number of rotatable bonds is 5. The second-order valence-electron chi connectivity index (χ2n) is 6.22. The number of nitrogens with zero attached hydrogens (tertiary/aromatic N) is 1. The molecule has 1 heterocycles. The minimum atomic E-state index is -0.602. The third-order valence-corrected chi connectivity index (χ3v) is 4.48. The van der Waals surface area contributed by atoms with Crippen LogP contribution < -0.4 is 10.6 Å². The maximum Gasteiger partial charge on any atom is 0.413 e. The highest BCUT2D eigenvalue weighted by Crippen LogP contribution is 2.25. The molecule has 0 radical (unpaired) electrons. The zero-order valence-corrected chi connectivity index (χ0v) is 16.7. The van der Waals surface area contributed by atoms with E-state index in [1.54, 1.807) is 20.8 Å². The molecule has 0 aliphatic heterocycles. The quantitative estimate of drug-likeness (QED) is 0.699. The van der Waals surface area contributed by atoms with Crippen LogP contribution in [0.3, 0.4) is 0 Å². The van der Waals surface area contributed by atoms with E-state index in [1.165, 1.54) is 0 Å². The van der Waals surface area contributed by atoms with Crippen LogP contribution in [0.2, 0.25) is 0 Å². The fourth-order valence-corrected chi connectivity index (χ4v) is 3.40. The van der Waals surface area contributed by atoms with Gasteiger partial charge < -0.3 is 10.1 Å². The largest absolute Gasteiger partial charge is 0.444 e. The lowest BCUT2D eigenvalue weighted by Crippen LogP contribution is -2.27. The van der Waals surface area contributed by atoms with Crippen molar-refractivity contribution in [1.29, 1.82) is 0 Å². The first-order valence-corrected chi connectivity index (χ1v) is 9.60. The summed E-state index contributed by atoms with van der Waals surface area (Å²) < 4.78 is 5.19. The maximum absolute atomic E-state index is 12.4. The summed E-state index contributed by atoms with van der Waals surface area (Å²) in [6, 6.07) is 9.63. The van der Waals surface area contributed by atoms with E-state index in [9.17, 15) is 9.59 Å². The number of aromatic nitrogens is 1. The molecule has 2 aromatic rings. The fourth-order valence-electron chi connectivity index (χ4n) is 1.92. The molecular formula is C17H20BrN3O3S. The molecule has 0 atom stereocenters. The smallest absolute Gasteiger partial charge is 0.413 e. The van der Waals surface area contributed by atoms with Gasteiger partial charge >= 0.3 is 6.09 Å². The van der Waals surface area contributed by atoms with E-state index >= 15 is 0 Å². The van der Waals surface area contributed by atoms with Gasteiger partial charge in [-0.2, -0.15) is 0 Å². The number of benzene rings is 1. The molecule has 0 fully saturated rings. The summed E-state index contributed by atoms with van der Waals surface area (Å²) in [5.41, 5.74) is 0.977. The van der Waals surface area contributed by atoms with E-state index in [-0.39, 0.29) is 5.91 Å². The molecule has 0 saturated carbocycles. The van der Waals surface area contributed by atoms with Gasteiger partial charge in [-0.05, 0) is 26.3 Å². The summed E-state index contributed by atoms with van der Waals surface area (Å²) in [4.78, 5) is 29.0. The molecule has 1 aromatic carbocycles. The average molecular weight is 426 g/mol. The first kappa shape index (κ1) is 19.4. The molecule has 0 aliphatic rings. The minimum Gasteiger partial charge on any atom is -0.444 e. The van der Waals surface area contributed by atoms with Gasteiger partial charge in [0.2, 0.25) is 0 Å². The molecule has 2 rings (SSSR count). The van der Waals surface area contributed by atoms with Crippen LogP contribution in [0, 0.1) is 0 Å². The Kier molecular flexibility index (Phi) is 6.55. The van der Waals surface area contributed by atoms with E-state index in [2.05, 4.69) is 31.5 Å². The number of anilines is 1. The summed E-state index contributed by atoms with van der Waals surface area (Å²) in [6.07, 6.45) is -0.599. The number of alkyl halides is 1. The third-order valence-electron chi connectivity index (χ3n) is 2.93. The van der Waals surface area contributed by atoms with Crippen molar-refractivity contribution in [3.63, 3.8) is 0 Å². The van der Waals surface area contributed by atoms with Crippen LogP contribution in [0.5, 0.6) is 0 Å². The van der Waals surface area contributed by atoms with E-state index < -0.39 is 11.7 Å². The van der Waals surface area contributed by atoms with Crippen molar-refractivity contribution in [2.24, 2.45) is 0 Å². The lowest BCUT2D eigenvalue weighted by Gasteiger charge is -2.18. The van der Waals surface area contributed by atoms with Crippen LogP contribution in [0.15, 0.2) is 30.3 Å². The first-order valence-electron chi connectivity index (χ1n) is 7.66. The van der Waals surface area contributed by atoms with Crippen molar-refractivity contribution in [3.8, 4) is 0 Å². The number of hydrogen-bond donors (Lipinski definition) is 2. The number of hydrogen-bond acceptors (Lipinski definition) is 5. The normalized spacial score (nSPS) is 11.0. The van der Waals surface area contributed by atoms with Crippen molar-refractivity contribution in [1.82, 2.24) is 10.3 Å². The van der Waals surface area contributed by atoms with E-state index in [0.717, 1.165) is 16.9 Å². The molecule has 1 aromatic heterocycles. The van der Waals surface area contributed by atoms with Crippen LogP contribution in [-0.2, 0) is 16.6 Å². The Hall–Kier alpha value is -1.93. The van der Waals surface area contributed by atoms with Gasteiger partial charge in [0.05, 0.1) is 5.69 Å². The standard InChI is InChI=1S/C17H20BrN3O3S/c1-17(2,3)24-16(23)21-15-20-12(9-18)13(25-15)14(22)19-10-11-7-5-4-6-8-11/h4-8H,9-10H2,1-3H3,(H,19,22)(H,20,21,23). The van der Waals surface area contributed by atoms with Crippen molar-refractivity contribution in [2.75, 3.05) is 5.32 Å². The molecule has 0 spiro atoms. The van der Waals surface area contributed by atoms with Crippen molar-refractivity contribution in [2.45, 2.75) is 38.2 Å². The predicted octanol–water partition coefficient (Wildman–Crippen LogP) is 4.32. The monoisotopic (exact) mass is 425 g/mol. The Morgan fingerprint density at radius 3 is 2.52 bits per heavy atom. The van der Waals surface area contributed by atoms with Crippen molar-refractivity contribution < 1.29 is 14.3 Å². The number of thiazole rings is 1. The highest BCUT2D eigenvalue weighted by molar-refractivity contribution is 9.08. The summed E-state index contributed by atoms with van der Waals surface area (Å²) in [6.45, 7) is 5.76. The summed E-state index contributed by atoms with van der Waals surface area (Å²) >= 11 is 4.44. The molecule has 6 nitrogen and oxygen atoms in total. The van der Waals surface area contributed by atoms with Gasteiger partial charge in [-0.15, -0.1) is 0 Å². The van der Waals surface area contributed by atoms with Gasteiger partial charge in [-0.25, -0.2) is 9.78 Å². The number of carbonyl (C=O) groups excluding carboxylic acids is 2. The number of ether oxygens (including phenoxy) is 1. The van der Waals surface area contributed by atoms with Crippen LogP contribution >= 0.6 is 27.3 Å². The summed E-state index contributed by atoms with van der Waals surface area (Å²) in [5.74, 6) is -0.229. The Morgan fingerprint density at radius 2 is 1.92 bits per heavy atom. The lowest BCUT2D eigenvalue weighted by molar-refractivity contribution is 0.0635. The lowest BCUT2D eigenvalue weighted by atomic mass is 10.2. The third kappa shape index (κ3) is 6.13. The zero-order valence-electron chi connectivity index (χ0n) is 14.3. The van der Waals surface area contributed by atoms with Crippen molar-refractivity contribution in [3.05, 3.63) is 46.5 Å². The molecule has 0 unspecified atom stereocenters. The molecule has 134 valence electrons. The van der Waals surface area contributed by atoms with E-state index in [0.29, 0.717) is 27.6 Å². The van der Waals surface area contributed by atoms with Gasteiger partial charge in [-0.1, -0.05) is 57.6 Å². The number of carbonyl (C=O) groups is 2. The zero-order chi connectivity index (χ0) is 18.4. The van der Waals surface area contributed by atoms with Gasteiger partial charge in [0.25, 0.3) is 5.91 Å². The van der Waals surface area contributed by atoms with Gasteiger partial charge in [-0.3, -0.25) is 10.1 Å². The minimum absolute atomic E-state index is 0.229. The molecular weight excluding hydrogens is 406 g/mol. The Morgan fingerprint density at radius 1 is 1.24 bits per heavy atom. The summed E-state index contributed by atoms with van der Waals surface area (Å²) in [5, 5.41) is 6.17. The van der Waals surface area contributed by atoms with Crippen LogP contribution in [0.4, 0.5) is 9.93 Å². The maximum atomic E-state index is 12.4. The van der Waals surface area contributed by atoms with E-state index in [4.69, 9.17) is 4.74 Å². The van der Waals surface area contributed by atoms with Crippen molar-refractivity contribution >= 4 is 44.4 Å².